The molecule has 0 aromatic heterocycles. The lowest BCUT2D eigenvalue weighted by atomic mass is 10.1. The number of benzene rings is 1. The predicted octanol–water partition coefficient (Wildman–Crippen LogP) is 1.30. The lowest BCUT2D eigenvalue weighted by Gasteiger charge is -2.15. The third-order valence-corrected chi connectivity index (χ3v) is 2.40. The molecule has 7 nitrogen and oxygen atoms in total. The van der Waals surface area contributed by atoms with Crippen LogP contribution < -0.4 is 0 Å². The number of phenolic OH excluding ortho intramolecular Hbond substituents is 1. The molecule has 0 saturated carbocycles. The van der Waals surface area contributed by atoms with E-state index in [4.69, 9.17) is 4.74 Å². The molecule has 1 N–H and O–H groups in total. The first-order valence-electron chi connectivity index (χ1n) is 5.74. The Kier molecular flexibility index (Phi) is 5.25. The summed E-state index contributed by atoms with van der Waals surface area (Å²) in [6.07, 6.45) is 0. The molecule has 0 heterocycles. The largest absolute Gasteiger partial charge is 0.508 e. The number of likely N-dealkylation sites (N-methyl/N-ethyl adjacent to an activating group) is 1. The second-order valence-corrected chi connectivity index (χ2v) is 4.05. The minimum Gasteiger partial charge on any atom is -0.508 e. The van der Waals surface area contributed by atoms with Crippen LogP contribution in [0.5, 0.6) is 5.75 Å². The zero-order valence-corrected chi connectivity index (χ0v) is 10.8. The van der Waals surface area contributed by atoms with Gasteiger partial charge in [0, 0.05) is 18.2 Å². The van der Waals surface area contributed by atoms with Crippen LogP contribution in [-0.2, 0) is 16.1 Å². The summed E-state index contributed by atoms with van der Waals surface area (Å²) in [7, 11) is 1.64. The average Bonchev–Trinajstić information content (AvgIpc) is 2.28. The van der Waals surface area contributed by atoms with Gasteiger partial charge in [0.25, 0.3) is 5.69 Å². The number of ether oxygens (including phenoxy) is 1. The van der Waals surface area contributed by atoms with Gasteiger partial charge in [0.1, 0.15) is 5.75 Å². The Balaban J connectivity index is 2.78. The maximum absolute atomic E-state index is 11.3. The van der Waals surface area contributed by atoms with Crippen molar-refractivity contribution in [1.29, 1.82) is 0 Å². The SMILES string of the molecule is CCOC(=O)CN(C)Cc1cc(O)ccc1[N+](=O)[O-]. The number of phenols is 1. The maximum Gasteiger partial charge on any atom is 0.320 e. The summed E-state index contributed by atoms with van der Waals surface area (Å²) in [5.74, 6) is -0.446. The highest BCUT2D eigenvalue weighted by molar-refractivity contribution is 5.71. The topological polar surface area (TPSA) is 92.9 Å². The summed E-state index contributed by atoms with van der Waals surface area (Å²) in [4.78, 5) is 23.2. The number of carbonyl (C=O) groups is 1. The Morgan fingerprint density at radius 2 is 2.21 bits per heavy atom. The van der Waals surface area contributed by atoms with Crippen molar-refractivity contribution in [2.75, 3.05) is 20.2 Å². The van der Waals surface area contributed by atoms with Crippen LogP contribution in [-0.4, -0.2) is 41.1 Å². The van der Waals surface area contributed by atoms with Crippen LogP contribution >= 0.6 is 0 Å². The number of nitrogens with zero attached hydrogens (tertiary/aromatic N) is 2. The van der Waals surface area contributed by atoms with Crippen LogP contribution in [0.25, 0.3) is 0 Å². The van der Waals surface area contributed by atoms with Crippen LogP contribution in [0.2, 0.25) is 0 Å². The molecule has 0 saturated heterocycles. The van der Waals surface area contributed by atoms with Gasteiger partial charge in [0.05, 0.1) is 18.1 Å². The van der Waals surface area contributed by atoms with Gasteiger partial charge in [0.15, 0.2) is 0 Å². The number of aromatic hydroxyl groups is 1. The van der Waals surface area contributed by atoms with E-state index in [9.17, 15) is 20.0 Å². The Morgan fingerprint density at radius 3 is 2.79 bits per heavy atom. The summed E-state index contributed by atoms with van der Waals surface area (Å²) in [6, 6.07) is 3.82. The Hall–Kier alpha value is -2.15. The van der Waals surface area contributed by atoms with Gasteiger partial charge in [-0.2, -0.15) is 0 Å². The van der Waals surface area contributed by atoms with Gasteiger partial charge in [-0.15, -0.1) is 0 Å². The molecule has 1 aromatic rings. The first kappa shape index (κ1) is 14.9. The number of esters is 1. The van der Waals surface area contributed by atoms with E-state index < -0.39 is 10.9 Å². The summed E-state index contributed by atoms with van der Waals surface area (Å²) in [5, 5.41) is 20.2. The molecule has 0 atom stereocenters. The van der Waals surface area contributed by atoms with Crippen LogP contribution in [0.4, 0.5) is 5.69 Å². The first-order valence-corrected chi connectivity index (χ1v) is 5.74. The van der Waals surface area contributed by atoms with Crippen molar-refractivity contribution < 1.29 is 19.6 Å². The molecule has 0 aliphatic heterocycles. The Labute approximate surface area is 110 Å². The fraction of sp³-hybridized carbons (Fsp3) is 0.417. The lowest BCUT2D eigenvalue weighted by molar-refractivity contribution is -0.385. The molecule has 0 radical (unpaired) electrons. The molecule has 1 aromatic carbocycles. The Bertz CT molecular complexity index is 475. The van der Waals surface area contributed by atoms with E-state index in [0.717, 1.165) is 0 Å². The molecule has 1 rings (SSSR count). The standard InChI is InChI=1S/C12H16N2O5/c1-3-19-12(16)8-13(2)7-9-6-10(15)4-5-11(9)14(17)18/h4-6,15H,3,7-8H2,1-2H3. The number of carbonyl (C=O) groups excluding carboxylic acids is 1. The molecule has 0 aliphatic rings. The van der Waals surface area contributed by atoms with Gasteiger partial charge in [0.2, 0.25) is 0 Å². The summed E-state index contributed by atoms with van der Waals surface area (Å²) >= 11 is 0. The smallest absolute Gasteiger partial charge is 0.320 e. The van der Waals surface area contributed by atoms with E-state index in [-0.39, 0.29) is 24.5 Å². The predicted molar refractivity (Wildman–Crippen MR) is 67.7 cm³/mol. The zero-order chi connectivity index (χ0) is 14.4. The minimum absolute atomic E-state index is 0.0284. The van der Waals surface area contributed by atoms with Crippen LogP contribution in [0.1, 0.15) is 12.5 Å². The molecule has 0 bridgehead atoms. The van der Waals surface area contributed by atoms with Gasteiger partial charge >= 0.3 is 5.97 Å². The fourth-order valence-electron chi connectivity index (χ4n) is 1.65. The number of nitro benzene ring substituents is 1. The van der Waals surface area contributed by atoms with Gasteiger partial charge < -0.3 is 9.84 Å². The fourth-order valence-corrected chi connectivity index (χ4v) is 1.65. The van der Waals surface area contributed by atoms with E-state index in [1.807, 2.05) is 0 Å². The van der Waals surface area contributed by atoms with Crippen molar-refractivity contribution >= 4 is 11.7 Å². The highest BCUT2D eigenvalue weighted by atomic mass is 16.6. The van der Waals surface area contributed by atoms with Gasteiger partial charge in [-0.3, -0.25) is 19.8 Å². The Morgan fingerprint density at radius 1 is 1.53 bits per heavy atom. The quantitative estimate of drug-likeness (QED) is 0.475. The second kappa shape index (κ2) is 6.69. The van der Waals surface area contributed by atoms with Crippen molar-refractivity contribution in [3.05, 3.63) is 33.9 Å². The second-order valence-electron chi connectivity index (χ2n) is 4.05. The molecular weight excluding hydrogens is 252 g/mol. The van der Waals surface area contributed by atoms with Gasteiger partial charge in [-0.25, -0.2) is 0 Å². The molecule has 7 heteroatoms. The highest BCUT2D eigenvalue weighted by Gasteiger charge is 2.17. The van der Waals surface area contributed by atoms with Crippen molar-refractivity contribution in [3.8, 4) is 5.75 Å². The normalized spacial score (nSPS) is 10.5. The number of hydrogen-bond acceptors (Lipinski definition) is 6. The maximum atomic E-state index is 11.3. The van der Waals surface area contributed by atoms with Gasteiger partial charge in [-0.1, -0.05) is 0 Å². The van der Waals surface area contributed by atoms with E-state index in [0.29, 0.717) is 12.2 Å². The lowest BCUT2D eigenvalue weighted by Crippen LogP contribution is -2.27. The third kappa shape index (κ3) is 4.55. The zero-order valence-electron chi connectivity index (χ0n) is 10.8. The highest BCUT2D eigenvalue weighted by Crippen LogP contribution is 2.24. The molecule has 0 aliphatic carbocycles. The van der Waals surface area contributed by atoms with Crippen LogP contribution in [0.15, 0.2) is 18.2 Å². The van der Waals surface area contributed by atoms with Crippen molar-refractivity contribution in [2.45, 2.75) is 13.5 Å². The van der Waals surface area contributed by atoms with E-state index in [1.54, 1.807) is 18.9 Å². The summed E-state index contributed by atoms with van der Waals surface area (Å²) in [5.41, 5.74) is 0.255. The minimum atomic E-state index is -0.521. The number of hydrogen-bond donors (Lipinski definition) is 1. The number of rotatable bonds is 6. The van der Waals surface area contributed by atoms with E-state index in [1.165, 1.54) is 18.2 Å². The van der Waals surface area contributed by atoms with Gasteiger partial charge in [-0.05, 0) is 26.1 Å². The summed E-state index contributed by atoms with van der Waals surface area (Å²) in [6.45, 7) is 2.20. The molecule has 0 unspecified atom stereocenters. The van der Waals surface area contributed by atoms with E-state index >= 15 is 0 Å². The average molecular weight is 268 g/mol. The van der Waals surface area contributed by atoms with Crippen molar-refractivity contribution in [2.24, 2.45) is 0 Å². The van der Waals surface area contributed by atoms with E-state index in [2.05, 4.69) is 0 Å². The molecule has 0 fully saturated rings. The third-order valence-electron chi connectivity index (χ3n) is 2.40. The molecular formula is C12H16N2O5. The van der Waals surface area contributed by atoms with Crippen LogP contribution in [0, 0.1) is 10.1 Å². The monoisotopic (exact) mass is 268 g/mol. The molecule has 0 spiro atoms. The first-order chi connectivity index (χ1) is 8.93. The molecule has 104 valence electrons. The molecule has 19 heavy (non-hydrogen) atoms. The number of nitro groups is 1. The van der Waals surface area contributed by atoms with Crippen LogP contribution in [0.3, 0.4) is 0 Å². The molecule has 0 amide bonds. The summed E-state index contributed by atoms with van der Waals surface area (Å²) < 4.78 is 4.79. The van der Waals surface area contributed by atoms with Crippen molar-refractivity contribution in [1.82, 2.24) is 4.90 Å². The van der Waals surface area contributed by atoms with Crippen molar-refractivity contribution in [3.63, 3.8) is 0 Å².